The molecule has 0 aliphatic carbocycles. The highest BCUT2D eigenvalue weighted by molar-refractivity contribution is 6.39. The maximum absolute atomic E-state index is 6.39. The van der Waals surface area contributed by atoms with Gasteiger partial charge < -0.3 is 10.5 Å². The van der Waals surface area contributed by atoms with Crippen molar-refractivity contribution in [1.82, 2.24) is 9.78 Å². The van der Waals surface area contributed by atoms with E-state index in [1.165, 1.54) is 0 Å². The molecule has 1 heterocycles. The smallest absolute Gasteiger partial charge is 0.131 e. The molecule has 7 heteroatoms. The summed E-state index contributed by atoms with van der Waals surface area (Å²) in [5, 5.41) is 6.08. The lowest BCUT2D eigenvalue weighted by molar-refractivity contribution is 0.288. The second-order valence-corrected chi connectivity index (χ2v) is 7.33. The van der Waals surface area contributed by atoms with Gasteiger partial charge in [0.25, 0.3) is 0 Å². The molecule has 136 valence electrons. The van der Waals surface area contributed by atoms with Gasteiger partial charge in [-0.2, -0.15) is 5.10 Å². The molecule has 0 amide bonds. The first-order valence-electron chi connectivity index (χ1n) is 8.07. The standard InChI is InChI=1S/C19H18Cl3N3O/c1-11(2)25-18(10-26-12-6-7-17(23)16(22)8-12)13(9-24-25)19-14(20)4-3-5-15(19)21/h3-9,11H,10,23H2,1-2H3. The highest BCUT2D eigenvalue weighted by Crippen LogP contribution is 2.37. The van der Waals surface area contributed by atoms with Crippen LogP contribution >= 0.6 is 34.8 Å². The molecule has 0 aliphatic rings. The molecular weight excluding hydrogens is 393 g/mol. The number of halogens is 3. The van der Waals surface area contributed by atoms with Crippen LogP contribution in [-0.2, 0) is 6.61 Å². The van der Waals surface area contributed by atoms with Crippen molar-refractivity contribution in [3.63, 3.8) is 0 Å². The summed E-state index contributed by atoms with van der Waals surface area (Å²) in [6, 6.07) is 10.8. The number of hydrogen-bond acceptors (Lipinski definition) is 3. The van der Waals surface area contributed by atoms with Gasteiger partial charge in [0, 0.05) is 23.2 Å². The number of rotatable bonds is 5. The van der Waals surface area contributed by atoms with Gasteiger partial charge >= 0.3 is 0 Å². The summed E-state index contributed by atoms with van der Waals surface area (Å²) in [6.07, 6.45) is 1.77. The Morgan fingerprint density at radius 3 is 2.38 bits per heavy atom. The monoisotopic (exact) mass is 409 g/mol. The lowest BCUT2D eigenvalue weighted by Crippen LogP contribution is -2.10. The number of hydrogen-bond donors (Lipinski definition) is 1. The van der Waals surface area contributed by atoms with E-state index in [9.17, 15) is 0 Å². The van der Waals surface area contributed by atoms with E-state index >= 15 is 0 Å². The van der Waals surface area contributed by atoms with Crippen molar-refractivity contribution in [2.75, 3.05) is 5.73 Å². The maximum Gasteiger partial charge on any atom is 0.131 e. The summed E-state index contributed by atoms with van der Waals surface area (Å²) in [4.78, 5) is 0. The first kappa shape index (κ1) is 18.9. The SMILES string of the molecule is CC(C)n1ncc(-c2c(Cl)cccc2Cl)c1COc1ccc(N)c(Cl)c1. The number of aromatic nitrogens is 2. The van der Waals surface area contributed by atoms with Gasteiger partial charge in [0.2, 0.25) is 0 Å². The van der Waals surface area contributed by atoms with E-state index < -0.39 is 0 Å². The number of nitrogen functional groups attached to an aromatic ring is 1. The van der Waals surface area contributed by atoms with E-state index in [0.717, 1.165) is 16.8 Å². The van der Waals surface area contributed by atoms with Crippen LogP contribution in [0.3, 0.4) is 0 Å². The molecule has 0 spiro atoms. The Bertz CT molecular complexity index is 918. The summed E-state index contributed by atoms with van der Waals surface area (Å²) < 4.78 is 7.83. The fourth-order valence-electron chi connectivity index (χ4n) is 2.69. The molecule has 26 heavy (non-hydrogen) atoms. The Hall–Kier alpha value is -1.88. The van der Waals surface area contributed by atoms with E-state index in [-0.39, 0.29) is 12.6 Å². The molecule has 0 radical (unpaired) electrons. The number of nitrogens with two attached hydrogens (primary N) is 1. The van der Waals surface area contributed by atoms with Crippen molar-refractivity contribution in [1.29, 1.82) is 0 Å². The minimum absolute atomic E-state index is 0.151. The van der Waals surface area contributed by atoms with Gasteiger partial charge in [-0.05, 0) is 38.1 Å². The highest BCUT2D eigenvalue weighted by atomic mass is 35.5. The largest absolute Gasteiger partial charge is 0.487 e. The molecule has 0 atom stereocenters. The Labute approximate surface area is 167 Å². The topological polar surface area (TPSA) is 53.1 Å². The van der Waals surface area contributed by atoms with Crippen molar-refractivity contribution >= 4 is 40.5 Å². The molecule has 0 fully saturated rings. The second kappa shape index (κ2) is 7.78. The van der Waals surface area contributed by atoms with Crippen LogP contribution in [0.1, 0.15) is 25.6 Å². The van der Waals surface area contributed by atoms with Crippen molar-refractivity contribution in [3.8, 4) is 16.9 Å². The third kappa shape index (κ3) is 3.78. The molecule has 0 saturated carbocycles. The van der Waals surface area contributed by atoms with Crippen molar-refractivity contribution in [2.45, 2.75) is 26.5 Å². The maximum atomic E-state index is 6.39. The lowest BCUT2D eigenvalue weighted by atomic mass is 10.1. The van der Waals surface area contributed by atoms with Gasteiger partial charge in [-0.1, -0.05) is 40.9 Å². The van der Waals surface area contributed by atoms with Crippen LogP contribution in [0.4, 0.5) is 5.69 Å². The van der Waals surface area contributed by atoms with Crippen molar-refractivity contribution in [3.05, 3.63) is 63.4 Å². The predicted molar refractivity (Wildman–Crippen MR) is 108 cm³/mol. The number of nitrogens with zero attached hydrogens (tertiary/aromatic N) is 2. The number of ether oxygens (including phenoxy) is 1. The van der Waals surface area contributed by atoms with Gasteiger partial charge in [0.1, 0.15) is 12.4 Å². The Morgan fingerprint density at radius 2 is 1.77 bits per heavy atom. The van der Waals surface area contributed by atoms with Gasteiger partial charge in [0.15, 0.2) is 0 Å². The molecule has 0 unspecified atom stereocenters. The summed E-state index contributed by atoms with van der Waals surface area (Å²) >= 11 is 18.8. The average molecular weight is 411 g/mol. The third-order valence-corrected chi connectivity index (χ3v) is 4.92. The van der Waals surface area contributed by atoms with E-state index in [2.05, 4.69) is 18.9 Å². The van der Waals surface area contributed by atoms with Gasteiger partial charge in [-0.25, -0.2) is 0 Å². The third-order valence-electron chi connectivity index (χ3n) is 3.97. The summed E-state index contributed by atoms with van der Waals surface area (Å²) in [6.45, 7) is 4.39. The Morgan fingerprint density at radius 1 is 1.08 bits per heavy atom. The molecule has 4 nitrogen and oxygen atoms in total. The molecule has 0 bridgehead atoms. The van der Waals surface area contributed by atoms with Crippen LogP contribution in [0.5, 0.6) is 5.75 Å². The van der Waals surface area contributed by atoms with E-state index in [0.29, 0.717) is 26.5 Å². The van der Waals surface area contributed by atoms with Crippen LogP contribution in [0.2, 0.25) is 15.1 Å². The van der Waals surface area contributed by atoms with Crippen LogP contribution in [-0.4, -0.2) is 9.78 Å². The zero-order chi connectivity index (χ0) is 18.8. The molecule has 3 aromatic rings. The summed E-state index contributed by atoms with van der Waals surface area (Å²) in [5.41, 5.74) is 8.72. The molecule has 1 aromatic heterocycles. The zero-order valence-corrected chi connectivity index (χ0v) is 16.6. The van der Waals surface area contributed by atoms with Gasteiger partial charge in [0.05, 0.1) is 32.6 Å². The number of anilines is 1. The second-order valence-electron chi connectivity index (χ2n) is 6.11. The lowest BCUT2D eigenvalue weighted by Gasteiger charge is -2.15. The zero-order valence-electron chi connectivity index (χ0n) is 14.3. The molecule has 3 rings (SSSR count). The van der Waals surface area contributed by atoms with E-state index in [4.69, 9.17) is 45.3 Å². The first-order valence-corrected chi connectivity index (χ1v) is 9.20. The average Bonchev–Trinajstić information content (AvgIpc) is 3.00. The summed E-state index contributed by atoms with van der Waals surface area (Å²) in [7, 11) is 0. The minimum atomic E-state index is 0.151. The molecule has 2 N–H and O–H groups in total. The van der Waals surface area contributed by atoms with E-state index in [1.54, 1.807) is 36.5 Å². The first-order chi connectivity index (χ1) is 12.4. The fraction of sp³-hybridized carbons (Fsp3) is 0.211. The van der Waals surface area contributed by atoms with E-state index in [1.807, 2.05) is 10.7 Å². The van der Waals surface area contributed by atoms with Crippen LogP contribution in [0.15, 0.2) is 42.6 Å². The van der Waals surface area contributed by atoms with Gasteiger partial charge in [-0.15, -0.1) is 0 Å². The predicted octanol–water partition coefficient (Wildman–Crippen LogP) is 6.25. The van der Waals surface area contributed by atoms with Crippen LogP contribution in [0.25, 0.3) is 11.1 Å². The number of benzene rings is 2. The molecule has 2 aromatic carbocycles. The summed E-state index contributed by atoms with van der Waals surface area (Å²) in [5.74, 6) is 0.622. The molecule has 0 aliphatic heterocycles. The molecular formula is C19H18Cl3N3O. The van der Waals surface area contributed by atoms with Crippen molar-refractivity contribution < 1.29 is 4.74 Å². The van der Waals surface area contributed by atoms with Gasteiger partial charge in [-0.3, -0.25) is 4.68 Å². The Kier molecular flexibility index (Phi) is 5.66. The van der Waals surface area contributed by atoms with Crippen LogP contribution < -0.4 is 10.5 Å². The minimum Gasteiger partial charge on any atom is -0.487 e. The quantitative estimate of drug-likeness (QED) is 0.506. The van der Waals surface area contributed by atoms with Crippen LogP contribution in [0, 0.1) is 0 Å². The Balaban J connectivity index is 1.99. The van der Waals surface area contributed by atoms with Crippen molar-refractivity contribution in [2.24, 2.45) is 0 Å². The highest BCUT2D eigenvalue weighted by Gasteiger charge is 2.19. The normalized spacial score (nSPS) is 11.2. The fourth-order valence-corrected chi connectivity index (χ4v) is 3.46. The molecule has 0 saturated heterocycles.